The first kappa shape index (κ1) is 79.2. The highest BCUT2D eigenvalue weighted by molar-refractivity contribution is 7.12. The van der Waals surface area contributed by atoms with E-state index in [2.05, 4.69) is 88.3 Å². The van der Waals surface area contributed by atoms with Crippen LogP contribution >= 0.6 is 22.7 Å². The van der Waals surface area contributed by atoms with Crippen molar-refractivity contribution in [2.24, 2.45) is 28.6 Å². The van der Waals surface area contributed by atoms with Gasteiger partial charge < -0.3 is 69.4 Å². The maximum absolute atomic E-state index is 17.6. The van der Waals surface area contributed by atoms with Crippen molar-refractivity contribution in [3.63, 3.8) is 0 Å². The van der Waals surface area contributed by atoms with Crippen LogP contribution in [0, 0.1) is 40.2 Å². The molecule has 10 aliphatic rings. The molecule has 8 aromatic heterocycles. The molecule has 4 aliphatic carbocycles. The number of thiazole rings is 2. The highest BCUT2D eigenvalue weighted by Crippen LogP contribution is 2.67. The Labute approximate surface area is 726 Å². The Morgan fingerprint density at radius 3 is 1.57 bits per heavy atom. The van der Waals surface area contributed by atoms with Crippen molar-refractivity contribution in [1.29, 1.82) is 0 Å². The number of hydrogen-bond donors (Lipinski definition) is 7. The number of carbonyl (C=O) groups excluding carboxylic acids is 5. The molecule has 5 amide bonds. The highest BCUT2D eigenvalue weighted by Gasteiger charge is 2.65. The van der Waals surface area contributed by atoms with Gasteiger partial charge in [-0.3, -0.25) is 23.6 Å². The Bertz CT molecular complexity index is 6400. The summed E-state index contributed by atoms with van der Waals surface area (Å²) in [6, 6.07) is 21.1. The fourth-order valence-electron chi connectivity index (χ4n) is 21.0. The quantitative estimate of drug-likeness (QED) is 0.0349. The van der Waals surface area contributed by atoms with E-state index in [4.69, 9.17) is 53.6 Å². The van der Waals surface area contributed by atoms with Gasteiger partial charge in [0.15, 0.2) is 0 Å². The van der Waals surface area contributed by atoms with E-state index >= 15 is 8.78 Å². The normalized spacial score (nSPS) is 25.4. The maximum Gasteiger partial charge on any atom is 0.411 e. The van der Waals surface area contributed by atoms with E-state index in [1.54, 1.807) is 44.9 Å². The molecule has 4 saturated heterocycles. The summed E-state index contributed by atoms with van der Waals surface area (Å²) in [6.45, 7) is 16.4. The SMILES string of the molecule is COC(=O)N[C@H](C(=O)N1CCCC1c1ncc(-c2cc(F)c3c(c2)OC(c2cnc(C4CC4)s2)n2c-3cc3cc(-c4cnc(C5CC6(CC7CC7c7ncc(C8Oc9cc(-c%10cnc(C%11CCCN%11C(=O)[C@@H](NC(=O)OC)C(C)C)[nH]%10)cc(F)c9-c9cc%10cc(-c%11cnc(C%12CC%13(C)CC%13N%12C(=O)OC(C)(C)C)[nH]%11)ccc%10n98)s7)CC6N5)[nH]4)ccc32)[nH]1)C(C)C. The van der Waals surface area contributed by atoms with Crippen molar-refractivity contribution in [2.45, 2.75) is 211 Å². The number of nitrogens with one attached hydrogen (secondary N) is 7. The number of likely N-dealkylation sites (tertiary alicyclic amines) is 3. The van der Waals surface area contributed by atoms with Crippen molar-refractivity contribution >= 4 is 74.6 Å². The minimum absolute atomic E-state index is 0.00472. The van der Waals surface area contributed by atoms with Crippen LogP contribution in [0.2, 0.25) is 0 Å². The monoisotopic (exact) mass is 1730 g/mol. The zero-order chi connectivity index (χ0) is 85.9. The van der Waals surface area contributed by atoms with Crippen LogP contribution < -0.4 is 25.4 Å². The number of ether oxygens (including phenoxy) is 5. The van der Waals surface area contributed by atoms with Gasteiger partial charge in [0.25, 0.3) is 0 Å². The third-order valence-electron chi connectivity index (χ3n) is 27.8. The molecule has 6 aliphatic heterocycles. The zero-order valence-corrected chi connectivity index (χ0v) is 72.7. The second-order valence-corrected chi connectivity index (χ2v) is 40.3. The second-order valence-electron chi connectivity index (χ2n) is 38.1. The topological polar surface area (TPSA) is 328 Å². The summed E-state index contributed by atoms with van der Waals surface area (Å²) in [5.41, 5.74) is 8.80. The number of methoxy groups -OCH3 is 2. The van der Waals surface area contributed by atoms with Crippen LogP contribution in [0.1, 0.15) is 224 Å². The Morgan fingerprint density at radius 1 is 0.576 bits per heavy atom. The lowest BCUT2D eigenvalue weighted by atomic mass is 9.92. The summed E-state index contributed by atoms with van der Waals surface area (Å²) in [5.74, 6) is 2.76. The predicted octanol–water partition coefficient (Wildman–Crippen LogP) is 18.0. The van der Waals surface area contributed by atoms with Gasteiger partial charge in [0.2, 0.25) is 24.3 Å². The van der Waals surface area contributed by atoms with Gasteiger partial charge in [-0.25, -0.2) is 53.1 Å². The van der Waals surface area contributed by atoms with Crippen molar-refractivity contribution in [2.75, 3.05) is 27.3 Å². The number of alkyl carbamates (subject to hydrolysis) is 2. The number of nitrogens with zero attached hydrogens (tertiary/aromatic N) is 11. The summed E-state index contributed by atoms with van der Waals surface area (Å²) >= 11 is 3.28. The molecule has 32 heteroatoms. The Hall–Kier alpha value is -11.8. The number of H-pyrrole nitrogens is 4. The van der Waals surface area contributed by atoms with E-state index < -0.39 is 60.0 Å². The fraction of sp³-hybridized carbons (Fsp3) is 0.452. The first-order valence-corrected chi connectivity index (χ1v) is 45.4. The average Bonchev–Trinajstić information content (AvgIpc) is 1.55. The molecular formula is C93H98F2N18O10S2. The largest absolute Gasteiger partial charge is 0.464 e. The molecule has 0 bridgehead atoms. The molecule has 125 heavy (non-hydrogen) atoms. The lowest BCUT2D eigenvalue weighted by Gasteiger charge is -2.30. The van der Waals surface area contributed by atoms with Gasteiger partial charge in [0.1, 0.15) is 64.1 Å². The number of fused-ring (bicyclic) bond motifs is 12. The first-order chi connectivity index (χ1) is 60.2. The summed E-state index contributed by atoms with van der Waals surface area (Å²) in [7, 11) is 2.55. The Morgan fingerprint density at radius 2 is 1.06 bits per heavy atom. The van der Waals surface area contributed by atoms with Crippen LogP contribution in [0.25, 0.3) is 89.4 Å². The molecule has 14 atom stereocenters. The van der Waals surface area contributed by atoms with E-state index in [0.29, 0.717) is 118 Å². The summed E-state index contributed by atoms with van der Waals surface area (Å²) < 4.78 is 69.0. The van der Waals surface area contributed by atoms with Crippen molar-refractivity contribution in [1.82, 2.24) is 89.6 Å². The molecule has 646 valence electrons. The van der Waals surface area contributed by atoms with E-state index in [1.807, 2.05) is 102 Å². The molecule has 7 N–H and O–H groups in total. The average molecular weight is 1730 g/mol. The summed E-state index contributed by atoms with van der Waals surface area (Å²) in [6.07, 6.45) is 18.6. The Kier molecular flexibility index (Phi) is 18.6. The lowest BCUT2D eigenvalue weighted by molar-refractivity contribution is -0.136. The molecular weight excluding hydrogens is 1630 g/mol. The van der Waals surface area contributed by atoms with Crippen molar-refractivity contribution in [3.8, 4) is 79.0 Å². The molecule has 22 rings (SSSR count). The molecule has 4 aromatic carbocycles. The van der Waals surface area contributed by atoms with E-state index in [1.165, 1.54) is 26.4 Å². The van der Waals surface area contributed by atoms with Gasteiger partial charge >= 0.3 is 18.3 Å². The minimum Gasteiger partial charge on any atom is -0.464 e. The fourth-order valence-corrected chi connectivity index (χ4v) is 23.2. The molecule has 8 fully saturated rings. The maximum atomic E-state index is 17.6. The summed E-state index contributed by atoms with van der Waals surface area (Å²) in [4.78, 5) is 118. The van der Waals surface area contributed by atoms with Gasteiger partial charge in [-0.15, -0.1) is 22.7 Å². The number of halogens is 2. The third kappa shape index (κ3) is 13.7. The lowest BCUT2D eigenvalue weighted by Crippen LogP contribution is -2.51. The van der Waals surface area contributed by atoms with E-state index in [0.717, 1.165) is 134 Å². The molecule has 12 unspecified atom stereocenters. The molecule has 4 saturated carbocycles. The molecule has 28 nitrogen and oxygen atoms in total. The van der Waals surface area contributed by atoms with E-state index in [9.17, 15) is 24.0 Å². The third-order valence-corrected chi connectivity index (χ3v) is 30.2. The predicted molar refractivity (Wildman–Crippen MR) is 463 cm³/mol. The van der Waals surface area contributed by atoms with Crippen molar-refractivity contribution in [3.05, 3.63) is 165 Å². The number of carbonyl (C=O) groups is 5. The number of hydrogen-bond acceptors (Lipinski definition) is 19. The number of amides is 5. The number of rotatable bonds is 20. The minimum atomic E-state index is -0.809. The number of imidazole rings is 4. The highest BCUT2D eigenvalue weighted by atomic mass is 32.1. The number of aromatic amines is 4. The van der Waals surface area contributed by atoms with Gasteiger partial charge in [-0.1, -0.05) is 46.8 Å². The molecule has 12 aromatic rings. The van der Waals surface area contributed by atoms with Crippen LogP contribution in [-0.4, -0.2) is 161 Å². The van der Waals surface area contributed by atoms with Crippen LogP contribution in [0.15, 0.2) is 110 Å². The van der Waals surface area contributed by atoms with Crippen LogP contribution in [0.5, 0.6) is 11.5 Å². The number of benzene rings is 4. The van der Waals surface area contributed by atoms with Crippen LogP contribution in [0.4, 0.5) is 23.2 Å². The smallest absolute Gasteiger partial charge is 0.411 e. The molecule has 0 spiro atoms. The number of piperidine rings is 2. The van der Waals surface area contributed by atoms with Crippen molar-refractivity contribution < 1.29 is 56.4 Å². The Balaban J connectivity index is 0.514. The molecule has 14 heterocycles. The number of aromatic nitrogens is 12. The summed E-state index contributed by atoms with van der Waals surface area (Å²) in [5, 5.41) is 13.3. The van der Waals surface area contributed by atoms with Crippen LogP contribution in [0.3, 0.4) is 0 Å². The van der Waals surface area contributed by atoms with Crippen LogP contribution in [-0.2, 0) is 23.8 Å². The standard InChI is InChI=1S/C93H98F2N18O10S2/c1-43(2)76(107-88(116)119-9)84(114)109-21-11-13-63(109)79-97-39-59(105-79)48-26-54(94)74-65-28-50-23-46(17-19-61(50)111(65)86(121-68(74)30-48)70-41-100-82(124-70)45-15-16-45)57-37-96-78(103-57)56-33-93(35-72(93)102-56)32-52-25-53(52)83-101-42-71(125-83)87-112-62-20-18-47(58-38-99-81(104-58)67-34-92(8)36-73(92)113(67)90(118)123-91(5,6)7)24-51(62)29-66(112)75-55(95)27-49(31-69(75)122-87)60-40-98-80(106-60)64-14-12-22-110(64)85(115)77(44(3)4)108-89(117)120-10/h17-20,23-24,26-31,37-45,52-53,56,63-64,67,72-73,76-77,86-87,102H,11-16,21-22,25,32-36H2,1-10H3,(H,96,103)(H,97,105)(H,98,106)(H,99,104)(H,107,116)(H,108,117)/t52?,53?,56?,63?,64?,67?,72?,73?,76-,77-,86?,87?,92?,93?/m0/s1. The van der Waals surface area contributed by atoms with Gasteiger partial charge in [0, 0.05) is 82.4 Å². The van der Waals surface area contributed by atoms with Gasteiger partial charge in [-0.2, -0.15) is 0 Å². The first-order valence-electron chi connectivity index (χ1n) is 43.7. The second kappa shape index (κ2) is 29.4. The van der Waals surface area contributed by atoms with Gasteiger partial charge in [-0.05, 0) is 187 Å². The van der Waals surface area contributed by atoms with E-state index in [-0.39, 0.29) is 70.7 Å². The van der Waals surface area contributed by atoms with Gasteiger partial charge in [0.05, 0.1) is 139 Å². The zero-order valence-electron chi connectivity index (χ0n) is 71.0. The molecule has 0 radical (unpaired) electrons.